The molecule has 0 N–H and O–H groups in total. The van der Waals surface area contributed by atoms with E-state index in [1.54, 1.807) is 32.9 Å². The predicted octanol–water partition coefficient (Wildman–Crippen LogP) is 1.67. The largest absolute Gasteiger partial charge is 0.476 e. The molecule has 0 radical (unpaired) electrons. The van der Waals surface area contributed by atoms with Crippen molar-refractivity contribution in [3.63, 3.8) is 0 Å². The van der Waals surface area contributed by atoms with Gasteiger partial charge in [-0.15, -0.1) is 0 Å². The van der Waals surface area contributed by atoms with Crippen LogP contribution in [0.25, 0.3) is 0 Å². The van der Waals surface area contributed by atoms with E-state index in [2.05, 4.69) is 21.0 Å². The van der Waals surface area contributed by atoms with Gasteiger partial charge in [0, 0.05) is 7.05 Å². The molecule has 0 fully saturated rings. The first-order valence-corrected chi connectivity index (χ1v) is 9.24. The molecule has 0 unspecified atom stereocenters. The molecule has 0 aliphatic rings. The van der Waals surface area contributed by atoms with Gasteiger partial charge in [0.15, 0.2) is 10.2 Å². The highest BCUT2D eigenvalue weighted by Crippen LogP contribution is 2.20. The minimum absolute atomic E-state index is 0.0922. The minimum atomic E-state index is -1.09. The number of rotatable bonds is 7. The number of nitrogens with zero attached hydrogens (tertiary/aromatic N) is 3. The van der Waals surface area contributed by atoms with Gasteiger partial charge in [-0.2, -0.15) is 5.10 Å². The van der Waals surface area contributed by atoms with Crippen molar-refractivity contribution in [2.75, 3.05) is 6.61 Å². The monoisotopic (exact) mass is 439 g/mol. The van der Waals surface area contributed by atoms with Crippen LogP contribution in [0, 0.1) is 0 Å². The van der Waals surface area contributed by atoms with Crippen LogP contribution in [0.5, 0.6) is 5.75 Å². The first-order valence-electron chi connectivity index (χ1n) is 8.44. The standard InChI is InChI=1S/C18H22BrN3O5/c1-5-26-16(24)18(2,3)27-13-8-6-12(7-9-13)10-11-22-17(25)21(4)15(23)14(19)20-22/h6-9H,5,10-11H2,1-4H3. The third kappa shape index (κ3) is 5.06. The van der Waals surface area contributed by atoms with Gasteiger partial charge < -0.3 is 9.47 Å². The second-order valence-electron chi connectivity index (χ2n) is 6.39. The van der Waals surface area contributed by atoms with Crippen molar-refractivity contribution in [2.24, 2.45) is 7.05 Å². The number of hydrogen-bond acceptors (Lipinski definition) is 6. The Hall–Kier alpha value is -2.42. The van der Waals surface area contributed by atoms with Crippen LogP contribution in [0.1, 0.15) is 26.3 Å². The fraction of sp³-hybridized carbons (Fsp3) is 0.444. The molecule has 27 heavy (non-hydrogen) atoms. The summed E-state index contributed by atoms with van der Waals surface area (Å²) in [5.74, 6) is 0.108. The van der Waals surface area contributed by atoms with Crippen LogP contribution in [0.2, 0.25) is 0 Å². The lowest BCUT2D eigenvalue weighted by Crippen LogP contribution is -2.40. The summed E-state index contributed by atoms with van der Waals surface area (Å²) in [6, 6.07) is 7.20. The van der Waals surface area contributed by atoms with E-state index in [0.29, 0.717) is 25.3 Å². The maximum absolute atomic E-state index is 12.1. The number of halogens is 1. The number of benzene rings is 1. The fourth-order valence-electron chi connectivity index (χ4n) is 2.34. The van der Waals surface area contributed by atoms with Crippen molar-refractivity contribution >= 4 is 21.9 Å². The second kappa shape index (κ2) is 8.51. The Kier molecular flexibility index (Phi) is 6.59. The molecule has 0 aliphatic carbocycles. The number of carbonyl (C=O) groups excluding carboxylic acids is 1. The first-order chi connectivity index (χ1) is 12.7. The molecule has 2 aromatic rings. The van der Waals surface area contributed by atoms with E-state index in [-0.39, 0.29) is 4.60 Å². The predicted molar refractivity (Wildman–Crippen MR) is 103 cm³/mol. The number of hydrogen-bond donors (Lipinski definition) is 0. The van der Waals surface area contributed by atoms with E-state index in [0.717, 1.165) is 10.1 Å². The van der Waals surface area contributed by atoms with Gasteiger partial charge in [-0.1, -0.05) is 12.1 Å². The summed E-state index contributed by atoms with van der Waals surface area (Å²) in [4.78, 5) is 35.6. The van der Waals surface area contributed by atoms with E-state index in [9.17, 15) is 14.4 Å². The van der Waals surface area contributed by atoms with Gasteiger partial charge in [-0.3, -0.25) is 9.36 Å². The Morgan fingerprint density at radius 1 is 1.22 bits per heavy atom. The lowest BCUT2D eigenvalue weighted by molar-refractivity contribution is -0.158. The molecule has 9 heteroatoms. The topological polar surface area (TPSA) is 92.4 Å². The van der Waals surface area contributed by atoms with Crippen molar-refractivity contribution < 1.29 is 14.3 Å². The Balaban J connectivity index is 2.06. The van der Waals surface area contributed by atoms with Crippen LogP contribution in [-0.4, -0.2) is 32.5 Å². The molecule has 0 saturated heterocycles. The average Bonchev–Trinajstić information content (AvgIpc) is 2.63. The summed E-state index contributed by atoms with van der Waals surface area (Å²) in [5, 5.41) is 3.96. The summed E-state index contributed by atoms with van der Waals surface area (Å²) >= 11 is 3.06. The Bertz CT molecular complexity index is 931. The molecule has 0 bridgehead atoms. The number of carbonyl (C=O) groups is 1. The van der Waals surface area contributed by atoms with Crippen molar-refractivity contribution in [2.45, 2.75) is 39.3 Å². The molecule has 1 aromatic heterocycles. The average molecular weight is 440 g/mol. The zero-order valence-electron chi connectivity index (χ0n) is 15.7. The SMILES string of the molecule is CCOC(=O)C(C)(C)Oc1ccc(CCn2nc(Br)c(=O)n(C)c2=O)cc1. The fourth-order valence-corrected chi connectivity index (χ4v) is 2.79. The quantitative estimate of drug-likeness (QED) is 0.609. The second-order valence-corrected chi connectivity index (χ2v) is 7.14. The van der Waals surface area contributed by atoms with Gasteiger partial charge in [0.2, 0.25) is 0 Å². The summed E-state index contributed by atoms with van der Waals surface area (Å²) < 4.78 is 13.0. The van der Waals surface area contributed by atoms with Gasteiger partial charge in [-0.25, -0.2) is 14.3 Å². The van der Waals surface area contributed by atoms with Gasteiger partial charge >= 0.3 is 11.7 Å². The molecule has 0 spiro atoms. The summed E-state index contributed by atoms with van der Waals surface area (Å²) in [6.45, 7) is 5.65. The van der Waals surface area contributed by atoms with E-state index in [4.69, 9.17) is 9.47 Å². The Morgan fingerprint density at radius 2 is 1.85 bits per heavy atom. The van der Waals surface area contributed by atoms with Crippen LogP contribution in [0.15, 0.2) is 38.5 Å². The molecular formula is C18H22BrN3O5. The zero-order chi connectivity index (χ0) is 20.2. The number of ether oxygens (including phenoxy) is 2. The molecule has 2 rings (SSSR count). The van der Waals surface area contributed by atoms with Crippen LogP contribution in [-0.2, 0) is 29.5 Å². The summed E-state index contributed by atoms with van der Waals surface area (Å²) in [6.07, 6.45) is 0.541. The first kappa shape index (κ1) is 20.9. The highest BCUT2D eigenvalue weighted by atomic mass is 79.9. The third-order valence-electron chi connectivity index (χ3n) is 3.87. The van der Waals surface area contributed by atoms with Gasteiger partial charge in [0.25, 0.3) is 5.56 Å². The van der Waals surface area contributed by atoms with Crippen LogP contribution in [0.4, 0.5) is 0 Å². The zero-order valence-corrected chi connectivity index (χ0v) is 17.3. The minimum Gasteiger partial charge on any atom is -0.476 e. The molecule has 0 saturated carbocycles. The highest BCUT2D eigenvalue weighted by molar-refractivity contribution is 9.10. The molecule has 0 aliphatic heterocycles. The number of aryl methyl sites for hydroxylation is 2. The summed E-state index contributed by atoms with van der Waals surface area (Å²) in [7, 11) is 1.41. The molecule has 1 aromatic carbocycles. The van der Waals surface area contributed by atoms with E-state index in [1.807, 2.05) is 12.1 Å². The molecular weight excluding hydrogens is 418 g/mol. The lowest BCUT2D eigenvalue weighted by Gasteiger charge is -2.24. The van der Waals surface area contributed by atoms with Gasteiger partial charge in [0.05, 0.1) is 13.2 Å². The summed E-state index contributed by atoms with van der Waals surface area (Å²) in [5.41, 5.74) is -1.08. The van der Waals surface area contributed by atoms with E-state index < -0.39 is 22.8 Å². The number of esters is 1. The van der Waals surface area contributed by atoms with Gasteiger partial charge in [-0.05, 0) is 60.8 Å². The maximum atomic E-state index is 12.1. The molecule has 146 valence electrons. The van der Waals surface area contributed by atoms with Crippen LogP contribution >= 0.6 is 15.9 Å². The van der Waals surface area contributed by atoms with Crippen LogP contribution < -0.4 is 16.0 Å². The Morgan fingerprint density at radius 3 is 2.44 bits per heavy atom. The van der Waals surface area contributed by atoms with Crippen molar-refractivity contribution in [1.29, 1.82) is 0 Å². The van der Waals surface area contributed by atoms with Crippen molar-refractivity contribution in [1.82, 2.24) is 14.3 Å². The molecule has 0 amide bonds. The Labute approximate surface area is 164 Å². The number of aromatic nitrogens is 3. The molecule has 1 heterocycles. The molecule has 8 nitrogen and oxygen atoms in total. The van der Waals surface area contributed by atoms with Crippen molar-refractivity contribution in [3.8, 4) is 5.75 Å². The van der Waals surface area contributed by atoms with Crippen LogP contribution in [0.3, 0.4) is 0 Å². The van der Waals surface area contributed by atoms with Crippen molar-refractivity contribution in [3.05, 3.63) is 55.3 Å². The smallest absolute Gasteiger partial charge is 0.349 e. The van der Waals surface area contributed by atoms with Gasteiger partial charge in [0.1, 0.15) is 5.75 Å². The van der Waals surface area contributed by atoms with E-state index >= 15 is 0 Å². The third-order valence-corrected chi connectivity index (χ3v) is 4.37. The molecule has 0 atom stereocenters. The van der Waals surface area contributed by atoms with E-state index in [1.165, 1.54) is 11.7 Å². The lowest BCUT2D eigenvalue weighted by atomic mass is 10.1. The highest BCUT2D eigenvalue weighted by Gasteiger charge is 2.31. The maximum Gasteiger partial charge on any atom is 0.349 e. The normalized spacial score (nSPS) is 11.3.